The fourth-order valence-corrected chi connectivity index (χ4v) is 3.93. The van der Waals surface area contributed by atoms with Gasteiger partial charge >= 0.3 is 18.0 Å². The standard InChI is InChI=1S/C33H35F2N3O6/c34-33(35,26-10-14-29(15-11-26)41-18-6-3-17-36)44-30-12-7-24(8-13-30)9-16-31(39)42-19-4-1-2-5-20-43-32(40)25-21-27(37)23-28(38)22-25/h7-16,21-23H,1-6,18-20,37-38H2. The molecule has 0 spiro atoms. The summed E-state index contributed by atoms with van der Waals surface area (Å²) in [4.78, 5) is 24.1. The van der Waals surface area contributed by atoms with Gasteiger partial charge in [0.15, 0.2) is 0 Å². The highest BCUT2D eigenvalue weighted by atomic mass is 19.3. The summed E-state index contributed by atoms with van der Waals surface area (Å²) in [7, 11) is 0. The summed E-state index contributed by atoms with van der Waals surface area (Å²) < 4.78 is 50.0. The van der Waals surface area contributed by atoms with Crippen molar-refractivity contribution in [1.29, 1.82) is 5.26 Å². The first-order valence-electron chi connectivity index (χ1n) is 14.1. The summed E-state index contributed by atoms with van der Waals surface area (Å²) in [6, 6.07) is 17.7. The van der Waals surface area contributed by atoms with Crippen LogP contribution in [0.3, 0.4) is 0 Å². The zero-order valence-corrected chi connectivity index (χ0v) is 24.2. The van der Waals surface area contributed by atoms with Gasteiger partial charge in [0.2, 0.25) is 0 Å². The van der Waals surface area contributed by atoms with Crippen LogP contribution >= 0.6 is 0 Å². The zero-order chi connectivity index (χ0) is 31.8. The van der Waals surface area contributed by atoms with Gasteiger partial charge in [-0.15, -0.1) is 0 Å². The second-order valence-corrected chi connectivity index (χ2v) is 9.76. The van der Waals surface area contributed by atoms with Crippen LogP contribution in [0.15, 0.2) is 72.8 Å². The highest BCUT2D eigenvalue weighted by Crippen LogP contribution is 2.32. The van der Waals surface area contributed by atoms with Crippen molar-refractivity contribution >= 4 is 29.4 Å². The topological polar surface area (TPSA) is 147 Å². The average molecular weight is 608 g/mol. The molecule has 0 aromatic heterocycles. The van der Waals surface area contributed by atoms with Crippen molar-refractivity contribution in [3.8, 4) is 17.6 Å². The number of unbranched alkanes of at least 4 members (excludes halogenated alkanes) is 4. The van der Waals surface area contributed by atoms with Crippen LogP contribution in [-0.4, -0.2) is 31.8 Å². The Kier molecular flexibility index (Phi) is 13.0. The molecule has 3 aromatic rings. The van der Waals surface area contributed by atoms with E-state index < -0.39 is 18.0 Å². The number of esters is 2. The van der Waals surface area contributed by atoms with E-state index in [1.165, 1.54) is 60.7 Å². The summed E-state index contributed by atoms with van der Waals surface area (Å²) in [5.74, 6) is -0.627. The fourth-order valence-electron chi connectivity index (χ4n) is 3.93. The molecule has 0 unspecified atom stereocenters. The van der Waals surface area contributed by atoms with Gasteiger partial charge in [-0.1, -0.05) is 12.1 Å². The largest absolute Gasteiger partial charge is 0.494 e. The molecule has 0 radical (unpaired) electrons. The second kappa shape index (κ2) is 17.1. The predicted octanol–water partition coefficient (Wildman–Crippen LogP) is 6.64. The lowest BCUT2D eigenvalue weighted by Crippen LogP contribution is -2.21. The normalized spacial score (nSPS) is 11.1. The Hall–Kier alpha value is -5.11. The minimum absolute atomic E-state index is 0.0456. The molecule has 11 heteroatoms. The van der Waals surface area contributed by atoms with Crippen molar-refractivity contribution in [2.75, 3.05) is 31.3 Å². The number of benzene rings is 3. The number of nitrogen functional groups attached to an aromatic ring is 2. The highest BCUT2D eigenvalue weighted by molar-refractivity contribution is 5.91. The quantitative estimate of drug-likeness (QED) is 0.0746. The van der Waals surface area contributed by atoms with Crippen LogP contribution in [0, 0.1) is 11.3 Å². The van der Waals surface area contributed by atoms with Gasteiger partial charge in [-0.3, -0.25) is 0 Å². The van der Waals surface area contributed by atoms with Gasteiger partial charge in [0.1, 0.15) is 11.5 Å². The molecule has 9 nitrogen and oxygen atoms in total. The van der Waals surface area contributed by atoms with E-state index in [1.807, 2.05) is 6.07 Å². The summed E-state index contributed by atoms with van der Waals surface area (Å²) in [5, 5.41) is 8.54. The maximum absolute atomic E-state index is 14.6. The van der Waals surface area contributed by atoms with Gasteiger partial charge in [0, 0.05) is 23.9 Å². The molecule has 0 atom stereocenters. The zero-order valence-electron chi connectivity index (χ0n) is 24.2. The molecule has 44 heavy (non-hydrogen) atoms. The number of halogens is 2. The van der Waals surface area contributed by atoms with E-state index >= 15 is 0 Å². The van der Waals surface area contributed by atoms with E-state index in [9.17, 15) is 18.4 Å². The molecule has 0 heterocycles. The third kappa shape index (κ3) is 11.6. The Morgan fingerprint density at radius 2 is 1.41 bits per heavy atom. The molecule has 0 aliphatic heterocycles. The molecule has 3 aromatic carbocycles. The van der Waals surface area contributed by atoms with E-state index in [0.717, 1.165) is 12.8 Å². The van der Waals surface area contributed by atoms with Gasteiger partial charge in [0.05, 0.1) is 37.0 Å². The van der Waals surface area contributed by atoms with Crippen molar-refractivity contribution in [1.82, 2.24) is 0 Å². The van der Waals surface area contributed by atoms with Gasteiger partial charge in [-0.2, -0.15) is 14.0 Å². The minimum Gasteiger partial charge on any atom is -0.494 e. The minimum atomic E-state index is -3.57. The molecule has 0 saturated heterocycles. The Labute approximate surface area is 255 Å². The number of carbonyl (C=O) groups excluding carboxylic acids is 2. The van der Waals surface area contributed by atoms with Crippen LogP contribution in [-0.2, 0) is 20.4 Å². The van der Waals surface area contributed by atoms with E-state index in [2.05, 4.69) is 0 Å². The molecule has 0 aliphatic carbocycles. The number of carbonyl (C=O) groups is 2. The molecular weight excluding hydrogens is 572 g/mol. The van der Waals surface area contributed by atoms with Crippen molar-refractivity contribution in [2.45, 2.75) is 44.6 Å². The van der Waals surface area contributed by atoms with Crippen LogP contribution in [0.25, 0.3) is 6.08 Å². The van der Waals surface area contributed by atoms with Crippen LogP contribution in [0.4, 0.5) is 20.2 Å². The van der Waals surface area contributed by atoms with Gasteiger partial charge in [-0.05, 0) is 98.3 Å². The van der Waals surface area contributed by atoms with E-state index in [4.69, 9.17) is 35.7 Å². The Balaban J connectivity index is 1.31. The molecule has 0 bridgehead atoms. The first-order valence-corrected chi connectivity index (χ1v) is 14.1. The van der Waals surface area contributed by atoms with Crippen LogP contribution in [0.5, 0.6) is 11.5 Å². The van der Waals surface area contributed by atoms with Crippen molar-refractivity contribution in [3.63, 3.8) is 0 Å². The lowest BCUT2D eigenvalue weighted by atomic mass is 10.2. The first kappa shape index (κ1) is 33.4. The highest BCUT2D eigenvalue weighted by Gasteiger charge is 2.34. The molecule has 232 valence electrons. The first-order chi connectivity index (χ1) is 21.2. The Morgan fingerprint density at radius 3 is 2.05 bits per heavy atom. The number of nitrogens with two attached hydrogens (primary N) is 2. The summed E-state index contributed by atoms with van der Waals surface area (Å²) in [6.07, 6.45) is 3.00. The summed E-state index contributed by atoms with van der Waals surface area (Å²) in [5.41, 5.74) is 12.7. The third-order valence-corrected chi connectivity index (χ3v) is 6.16. The van der Waals surface area contributed by atoms with Crippen molar-refractivity contribution < 1.29 is 37.3 Å². The van der Waals surface area contributed by atoms with Crippen molar-refractivity contribution in [2.24, 2.45) is 0 Å². The number of anilines is 2. The molecule has 0 fully saturated rings. The van der Waals surface area contributed by atoms with Gasteiger partial charge < -0.3 is 30.4 Å². The monoisotopic (exact) mass is 607 g/mol. The maximum atomic E-state index is 14.6. The molecule has 0 saturated carbocycles. The number of rotatable bonds is 17. The number of hydrogen-bond acceptors (Lipinski definition) is 9. The molecular formula is C33H35F2N3O6. The number of nitriles is 1. The van der Waals surface area contributed by atoms with E-state index in [0.29, 0.717) is 60.5 Å². The van der Waals surface area contributed by atoms with Crippen LogP contribution < -0.4 is 20.9 Å². The number of hydrogen-bond donors (Lipinski definition) is 2. The smallest absolute Gasteiger partial charge is 0.426 e. The van der Waals surface area contributed by atoms with Gasteiger partial charge in [0.25, 0.3) is 0 Å². The maximum Gasteiger partial charge on any atom is 0.426 e. The molecule has 3 rings (SSSR count). The van der Waals surface area contributed by atoms with E-state index in [-0.39, 0.29) is 24.5 Å². The number of nitrogens with zero attached hydrogens (tertiary/aromatic N) is 1. The average Bonchev–Trinajstić information content (AvgIpc) is 2.99. The summed E-state index contributed by atoms with van der Waals surface area (Å²) in [6.45, 7) is 0.817. The molecule has 4 N–H and O–H groups in total. The fraction of sp³-hybridized carbons (Fsp3) is 0.303. The van der Waals surface area contributed by atoms with Crippen molar-refractivity contribution in [3.05, 3.63) is 89.5 Å². The lowest BCUT2D eigenvalue weighted by Gasteiger charge is -2.18. The predicted molar refractivity (Wildman–Crippen MR) is 162 cm³/mol. The van der Waals surface area contributed by atoms with Gasteiger partial charge in [-0.25, -0.2) is 9.59 Å². The SMILES string of the molecule is N#CCCCOc1ccc(C(F)(F)Oc2ccc(C=CC(=O)OCCCCCCOC(=O)c3cc(N)cc(N)c3)cc2)cc1. The number of ether oxygens (including phenoxy) is 4. The Bertz CT molecular complexity index is 1420. The van der Waals surface area contributed by atoms with Crippen LogP contribution in [0.1, 0.15) is 60.0 Å². The van der Waals surface area contributed by atoms with Crippen LogP contribution in [0.2, 0.25) is 0 Å². The number of alkyl halides is 2. The second-order valence-electron chi connectivity index (χ2n) is 9.76. The molecule has 0 amide bonds. The third-order valence-electron chi connectivity index (χ3n) is 6.16. The van der Waals surface area contributed by atoms with E-state index in [1.54, 1.807) is 18.2 Å². The Morgan fingerprint density at radius 1 is 0.795 bits per heavy atom. The summed E-state index contributed by atoms with van der Waals surface area (Å²) >= 11 is 0. The molecule has 0 aliphatic rings. The lowest BCUT2D eigenvalue weighted by molar-refractivity contribution is -0.185.